The van der Waals surface area contributed by atoms with E-state index in [1.807, 2.05) is 0 Å². The molecule has 1 aliphatic heterocycles. The average molecular weight is 248 g/mol. The van der Waals surface area contributed by atoms with Crippen LogP contribution in [0.5, 0.6) is 0 Å². The summed E-state index contributed by atoms with van der Waals surface area (Å²) >= 11 is 0. The first-order valence-corrected chi connectivity index (χ1v) is 7.00. The first-order valence-electron chi connectivity index (χ1n) is 7.00. The standard InChI is InChI=1S/C13H20N4O/c18-13(8-10-4-1-2-5-10)14-9-12-16-15-11-6-3-7-17(11)12/h10H,1-9H2,(H,14,18). The smallest absolute Gasteiger partial charge is 0.220 e. The number of hydrogen-bond donors (Lipinski definition) is 1. The minimum absolute atomic E-state index is 0.164. The Balaban J connectivity index is 1.49. The Labute approximate surface area is 107 Å². The summed E-state index contributed by atoms with van der Waals surface area (Å²) in [6.07, 6.45) is 7.85. The summed E-state index contributed by atoms with van der Waals surface area (Å²) in [7, 11) is 0. The number of aryl methyl sites for hydroxylation is 1. The molecule has 0 bridgehead atoms. The minimum Gasteiger partial charge on any atom is -0.349 e. The van der Waals surface area contributed by atoms with Crippen LogP contribution in [0, 0.1) is 5.92 Å². The van der Waals surface area contributed by atoms with Gasteiger partial charge < -0.3 is 9.88 Å². The Hall–Kier alpha value is -1.39. The molecule has 1 amide bonds. The molecule has 0 unspecified atom stereocenters. The van der Waals surface area contributed by atoms with E-state index < -0.39 is 0 Å². The SMILES string of the molecule is O=C(CC1CCCC1)NCc1nnc2n1CCC2. The molecule has 1 saturated carbocycles. The van der Waals surface area contributed by atoms with Crippen LogP contribution < -0.4 is 5.32 Å². The van der Waals surface area contributed by atoms with Crippen LogP contribution in [0.4, 0.5) is 0 Å². The Bertz CT molecular complexity index is 434. The third-order valence-electron chi connectivity index (χ3n) is 4.08. The lowest BCUT2D eigenvalue weighted by Crippen LogP contribution is -2.26. The van der Waals surface area contributed by atoms with Crippen molar-refractivity contribution < 1.29 is 4.79 Å². The van der Waals surface area contributed by atoms with Crippen molar-refractivity contribution in [2.45, 2.75) is 58.0 Å². The largest absolute Gasteiger partial charge is 0.349 e. The molecule has 1 fully saturated rings. The fourth-order valence-corrected chi connectivity index (χ4v) is 3.07. The number of fused-ring (bicyclic) bond motifs is 1. The van der Waals surface area contributed by atoms with E-state index in [-0.39, 0.29) is 5.91 Å². The maximum atomic E-state index is 11.8. The molecule has 1 N–H and O–H groups in total. The van der Waals surface area contributed by atoms with Gasteiger partial charge >= 0.3 is 0 Å². The minimum atomic E-state index is 0.164. The monoisotopic (exact) mass is 248 g/mol. The van der Waals surface area contributed by atoms with Gasteiger partial charge in [0.05, 0.1) is 6.54 Å². The fraction of sp³-hybridized carbons (Fsp3) is 0.769. The molecular weight excluding hydrogens is 228 g/mol. The van der Waals surface area contributed by atoms with Crippen molar-refractivity contribution in [3.63, 3.8) is 0 Å². The van der Waals surface area contributed by atoms with Gasteiger partial charge in [-0.15, -0.1) is 10.2 Å². The summed E-state index contributed by atoms with van der Waals surface area (Å²) in [4.78, 5) is 11.8. The number of aromatic nitrogens is 3. The lowest BCUT2D eigenvalue weighted by molar-refractivity contribution is -0.122. The highest BCUT2D eigenvalue weighted by Crippen LogP contribution is 2.27. The molecule has 0 aromatic carbocycles. The number of amides is 1. The average Bonchev–Trinajstić information content (AvgIpc) is 3.03. The van der Waals surface area contributed by atoms with Gasteiger partial charge in [-0.05, 0) is 25.2 Å². The van der Waals surface area contributed by atoms with Crippen molar-refractivity contribution in [1.82, 2.24) is 20.1 Å². The quantitative estimate of drug-likeness (QED) is 0.876. The molecule has 2 heterocycles. The lowest BCUT2D eigenvalue weighted by Gasteiger charge is -2.09. The third-order valence-corrected chi connectivity index (χ3v) is 4.08. The predicted octanol–water partition coefficient (Wildman–Crippen LogP) is 1.42. The highest BCUT2D eigenvalue weighted by Gasteiger charge is 2.20. The Morgan fingerprint density at radius 1 is 1.28 bits per heavy atom. The molecule has 0 atom stereocenters. The van der Waals surface area contributed by atoms with E-state index in [2.05, 4.69) is 20.1 Å². The molecular formula is C13H20N4O. The second-order valence-corrected chi connectivity index (χ2v) is 5.42. The van der Waals surface area contributed by atoms with Crippen LogP contribution in [-0.2, 0) is 24.3 Å². The van der Waals surface area contributed by atoms with Crippen molar-refractivity contribution in [1.29, 1.82) is 0 Å². The van der Waals surface area contributed by atoms with Crippen molar-refractivity contribution in [3.05, 3.63) is 11.6 Å². The molecule has 1 aromatic heterocycles. The summed E-state index contributed by atoms with van der Waals surface area (Å²) < 4.78 is 2.13. The molecule has 5 nitrogen and oxygen atoms in total. The molecule has 1 aliphatic carbocycles. The fourth-order valence-electron chi connectivity index (χ4n) is 3.07. The summed E-state index contributed by atoms with van der Waals surface area (Å²) in [6.45, 7) is 1.52. The normalized spacial score (nSPS) is 19.1. The van der Waals surface area contributed by atoms with Gasteiger partial charge in [-0.3, -0.25) is 4.79 Å². The lowest BCUT2D eigenvalue weighted by atomic mass is 10.0. The van der Waals surface area contributed by atoms with Gasteiger partial charge in [-0.25, -0.2) is 0 Å². The van der Waals surface area contributed by atoms with Crippen molar-refractivity contribution >= 4 is 5.91 Å². The number of carbonyl (C=O) groups excluding carboxylic acids is 1. The zero-order valence-corrected chi connectivity index (χ0v) is 10.7. The van der Waals surface area contributed by atoms with E-state index in [4.69, 9.17) is 0 Å². The van der Waals surface area contributed by atoms with Crippen LogP contribution in [-0.4, -0.2) is 20.7 Å². The second-order valence-electron chi connectivity index (χ2n) is 5.42. The van der Waals surface area contributed by atoms with E-state index in [0.29, 0.717) is 18.9 Å². The maximum absolute atomic E-state index is 11.8. The molecule has 0 saturated heterocycles. The Morgan fingerprint density at radius 2 is 2.11 bits per heavy atom. The topological polar surface area (TPSA) is 59.8 Å². The second kappa shape index (κ2) is 5.08. The molecule has 98 valence electrons. The molecule has 0 radical (unpaired) electrons. The van der Waals surface area contributed by atoms with Crippen LogP contribution in [0.25, 0.3) is 0 Å². The maximum Gasteiger partial charge on any atom is 0.220 e. The summed E-state index contributed by atoms with van der Waals surface area (Å²) in [5.41, 5.74) is 0. The zero-order valence-electron chi connectivity index (χ0n) is 10.7. The van der Waals surface area contributed by atoms with E-state index in [1.165, 1.54) is 25.7 Å². The van der Waals surface area contributed by atoms with Gasteiger partial charge in [0.1, 0.15) is 5.82 Å². The van der Waals surface area contributed by atoms with Gasteiger partial charge in [0.15, 0.2) is 5.82 Å². The van der Waals surface area contributed by atoms with E-state index in [9.17, 15) is 4.79 Å². The van der Waals surface area contributed by atoms with Crippen LogP contribution in [0.2, 0.25) is 0 Å². The predicted molar refractivity (Wildman–Crippen MR) is 66.8 cm³/mol. The van der Waals surface area contributed by atoms with Gasteiger partial charge in [0, 0.05) is 19.4 Å². The number of nitrogens with one attached hydrogen (secondary N) is 1. The van der Waals surface area contributed by atoms with Crippen LogP contribution in [0.1, 0.15) is 50.2 Å². The summed E-state index contributed by atoms with van der Waals surface area (Å²) in [6, 6.07) is 0. The van der Waals surface area contributed by atoms with Crippen molar-refractivity contribution in [3.8, 4) is 0 Å². The number of hydrogen-bond acceptors (Lipinski definition) is 3. The number of rotatable bonds is 4. The van der Waals surface area contributed by atoms with Crippen LogP contribution >= 0.6 is 0 Å². The van der Waals surface area contributed by atoms with E-state index >= 15 is 0 Å². The van der Waals surface area contributed by atoms with Crippen molar-refractivity contribution in [2.75, 3.05) is 0 Å². The molecule has 2 aliphatic rings. The first kappa shape index (κ1) is 11.7. The number of carbonyl (C=O) groups is 1. The molecule has 3 rings (SSSR count). The first-order chi connectivity index (χ1) is 8.83. The van der Waals surface area contributed by atoms with Crippen LogP contribution in [0.15, 0.2) is 0 Å². The summed E-state index contributed by atoms with van der Waals surface area (Å²) in [5.74, 6) is 2.74. The molecule has 18 heavy (non-hydrogen) atoms. The number of nitrogens with zero attached hydrogens (tertiary/aromatic N) is 3. The van der Waals surface area contributed by atoms with E-state index in [1.54, 1.807) is 0 Å². The Morgan fingerprint density at radius 3 is 2.94 bits per heavy atom. The third kappa shape index (κ3) is 2.40. The van der Waals surface area contributed by atoms with Gasteiger partial charge in [0.25, 0.3) is 0 Å². The van der Waals surface area contributed by atoms with Gasteiger partial charge in [-0.2, -0.15) is 0 Å². The molecule has 5 heteroatoms. The zero-order chi connectivity index (χ0) is 12.4. The summed E-state index contributed by atoms with van der Waals surface area (Å²) in [5, 5.41) is 11.3. The molecule has 0 spiro atoms. The highest BCUT2D eigenvalue weighted by molar-refractivity contribution is 5.76. The van der Waals surface area contributed by atoms with Crippen LogP contribution in [0.3, 0.4) is 0 Å². The van der Waals surface area contributed by atoms with E-state index in [0.717, 1.165) is 31.0 Å². The highest BCUT2D eigenvalue weighted by atomic mass is 16.1. The van der Waals surface area contributed by atoms with Crippen molar-refractivity contribution in [2.24, 2.45) is 5.92 Å². The van der Waals surface area contributed by atoms with Gasteiger partial charge in [-0.1, -0.05) is 12.8 Å². The molecule has 1 aromatic rings. The van der Waals surface area contributed by atoms with Gasteiger partial charge in [0.2, 0.25) is 5.91 Å². The Kier molecular flexibility index (Phi) is 3.30.